The van der Waals surface area contributed by atoms with Gasteiger partial charge in [0.2, 0.25) is 0 Å². The van der Waals surface area contributed by atoms with Crippen LogP contribution in [0.15, 0.2) is 0 Å². The Morgan fingerprint density at radius 3 is 2.14 bits per heavy atom. The highest BCUT2D eigenvalue weighted by molar-refractivity contribution is 4.62. The molecule has 0 unspecified atom stereocenters. The Hall–Kier alpha value is -0.280. The van der Waals surface area contributed by atoms with Gasteiger partial charge in [-0.1, -0.05) is 5.23 Å². The SMILES string of the molecule is CCN1N(NC(C)C)N2N(C)N(C)N12. The maximum absolute atomic E-state index is 3.34. The van der Waals surface area contributed by atoms with Crippen LogP contribution in [0, 0.1) is 0 Å². The van der Waals surface area contributed by atoms with Crippen LogP contribution in [0.3, 0.4) is 0 Å². The van der Waals surface area contributed by atoms with E-state index in [1.165, 1.54) is 0 Å². The van der Waals surface area contributed by atoms with Gasteiger partial charge < -0.3 is 0 Å². The van der Waals surface area contributed by atoms with E-state index in [-0.39, 0.29) is 0 Å². The Bertz CT molecular complexity index is 214. The van der Waals surface area contributed by atoms with E-state index >= 15 is 0 Å². The van der Waals surface area contributed by atoms with E-state index in [4.69, 9.17) is 0 Å². The number of hydrogen-bond acceptors (Lipinski definition) is 7. The monoisotopic (exact) mass is 201 g/mol. The first-order valence-electron chi connectivity index (χ1n) is 4.98. The van der Waals surface area contributed by atoms with Gasteiger partial charge in [-0.3, -0.25) is 0 Å². The van der Waals surface area contributed by atoms with Gasteiger partial charge >= 0.3 is 0 Å². The summed E-state index contributed by atoms with van der Waals surface area (Å²) >= 11 is 0. The molecule has 0 amide bonds. The molecular formula is C7H19N7. The fraction of sp³-hybridized carbons (Fsp3) is 1.00. The Balaban J connectivity index is 1.98. The molecule has 2 saturated heterocycles. The van der Waals surface area contributed by atoms with E-state index in [1.54, 1.807) is 0 Å². The van der Waals surface area contributed by atoms with Crippen LogP contribution in [0.5, 0.6) is 0 Å². The topological polar surface area (TPSA) is 31.5 Å². The quantitative estimate of drug-likeness (QED) is 0.654. The Morgan fingerprint density at radius 1 is 1.07 bits per heavy atom. The summed E-state index contributed by atoms with van der Waals surface area (Å²) in [5, 5.41) is 12.2. The van der Waals surface area contributed by atoms with E-state index in [2.05, 4.69) is 36.5 Å². The van der Waals surface area contributed by atoms with Crippen LogP contribution in [0.1, 0.15) is 20.8 Å². The molecule has 2 aliphatic heterocycles. The summed E-state index contributed by atoms with van der Waals surface area (Å²) < 4.78 is 0. The van der Waals surface area contributed by atoms with Crippen LogP contribution in [0.4, 0.5) is 0 Å². The molecule has 2 aliphatic rings. The van der Waals surface area contributed by atoms with Gasteiger partial charge in [-0.25, -0.2) is 5.43 Å². The molecule has 2 rings (SSSR count). The zero-order valence-corrected chi connectivity index (χ0v) is 9.47. The van der Waals surface area contributed by atoms with Crippen molar-refractivity contribution in [2.75, 3.05) is 20.6 Å². The van der Waals surface area contributed by atoms with Gasteiger partial charge in [0.1, 0.15) is 0 Å². The molecule has 0 spiro atoms. The molecule has 2 heterocycles. The molecule has 2 fully saturated rings. The summed E-state index contributed by atoms with van der Waals surface area (Å²) in [7, 11) is 4.03. The van der Waals surface area contributed by atoms with E-state index in [9.17, 15) is 0 Å². The van der Waals surface area contributed by atoms with Crippen molar-refractivity contribution < 1.29 is 0 Å². The van der Waals surface area contributed by atoms with Gasteiger partial charge in [-0.2, -0.15) is 0 Å². The van der Waals surface area contributed by atoms with Crippen LogP contribution in [-0.4, -0.2) is 57.7 Å². The Morgan fingerprint density at radius 2 is 1.64 bits per heavy atom. The zero-order valence-electron chi connectivity index (χ0n) is 9.47. The van der Waals surface area contributed by atoms with Gasteiger partial charge in [0, 0.05) is 26.7 Å². The van der Waals surface area contributed by atoms with Gasteiger partial charge in [-0.15, -0.1) is 15.4 Å². The molecule has 14 heavy (non-hydrogen) atoms. The van der Waals surface area contributed by atoms with E-state index in [1.807, 2.05) is 34.8 Å². The summed E-state index contributed by atoms with van der Waals surface area (Å²) in [4.78, 5) is 0. The summed E-state index contributed by atoms with van der Waals surface area (Å²) in [5.74, 6) is 0. The lowest BCUT2D eigenvalue weighted by Crippen LogP contribution is -2.96. The van der Waals surface area contributed by atoms with Crippen molar-refractivity contribution in [3.8, 4) is 0 Å². The van der Waals surface area contributed by atoms with Crippen molar-refractivity contribution in [2.24, 2.45) is 0 Å². The highest BCUT2D eigenvalue weighted by atomic mass is 16.6. The first kappa shape index (κ1) is 10.2. The number of hydrazine groups is 8. The molecule has 7 heteroatoms. The van der Waals surface area contributed by atoms with E-state index in [0.29, 0.717) is 6.04 Å². The summed E-state index contributed by atoms with van der Waals surface area (Å²) in [6.07, 6.45) is 0. The lowest BCUT2D eigenvalue weighted by Gasteiger charge is -2.71. The molecule has 0 radical (unpaired) electrons. The average Bonchev–Trinajstić information content (AvgIpc) is 2.11. The van der Waals surface area contributed by atoms with Crippen LogP contribution in [-0.2, 0) is 0 Å². The van der Waals surface area contributed by atoms with Crippen LogP contribution >= 0.6 is 0 Å². The minimum atomic E-state index is 0.422. The van der Waals surface area contributed by atoms with Crippen LogP contribution in [0.2, 0.25) is 0 Å². The third-order valence-corrected chi connectivity index (χ3v) is 2.35. The minimum Gasteiger partial charge on any atom is -0.220 e. The predicted molar refractivity (Wildman–Crippen MR) is 51.7 cm³/mol. The number of hydrogen-bond donors (Lipinski definition) is 1. The highest BCUT2D eigenvalue weighted by Crippen LogP contribution is 2.33. The van der Waals surface area contributed by atoms with Gasteiger partial charge in [0.25, 0.3) is 0 Å². The molecule has 82 valence electrons. The number of nitrogens with one attached hydrogen (secondary N) is 1. The lowest BCUT2D eigenvalue weighted by molar-refractivity contribution is -0.743. The van der Waals surface area contributed by atoms with Crippen molar-refractivity contribution in [3.63, 3.8) is 0 Å². The van der Waals surface area contributed by atoms with Crippen LogP contribution < -0.4 is 5.43 Å². The summed E-state index contributed by atoms with van der Waals surface area (Å²) in [6.45, 7) is 7.31. The predicted octanol–water partition coefficient (Wildman–Crippen LogP) is -0.577. The minimum absolute atomic E-state index is 0.422. The zero-order chi connectivity index (χ0) is 10.5. The standard InChI is InChI=1S/C7H19N7/c1-6-11-12(8-7(2)3)14-10(5)9(4)13(11)14/h7-8H,6H2,1-5H3. The molecule has 0 atom stereocenters. The second-order valence-electron chi connectivity index (χ2n) is 3.78. The number of fused-ring (bicyclic) bond motifs is 1. The smallest absolute Gasteiger partial charge is 0.0323 e. The fourth-order valence-corrected chi connectivity index (χ4v) is 1.62. The average molecular weight is 201 g/mol. The third kappa shape index (κ3) is 1.18. The van der Waals surface area contributed by atoms with Gasteiger partial charge in [0.15, 0.2) is 0 Å². The normalized spacial score (nSPS) is 27.9. The van der Waals surface area contributed by atoms with Crippen molar-refractivity contribution in [3.05, 3.63) is 0 Å². The largest absolute Gasteiger partial charge is 0.220 e. The van der Waals surface area contributed by atoms with Crippen molar-refractivity contribution >= 4 is 0 Å². The van der Waals surface area contributed by atoms with Gasteiger partial charge in [0.05, 0.1) is 0 Å². The Labute approximate surface area is 84.8 Å². The van der Waals surface area contributed by atoms with Crippen molar-refractivity contribution in [1.29, 1.82) is 0 Å². The first-order chi connectivity index (χ1) is 6.57. The molecule has 0 aromatic heterocycles. The maximum atomic E-state index is 3.34. The van der Waals surface area contributed by atoms with Crippen molar-refractivity contribution in [1.82, 2.24) is 36.5 Å². The Kier molecular flexibility index (Phi) is 2.48. The second-order valence-corrected chi connectivity index (χ2v) is 3.78. The number of nitrogens with zero attached hydrogens (tertiary/aromatic N) is 6. The third-order valence-electron chi connectivity index (χ3n) is 2.35. The molecular weight excluding hydrogens is 182 g/mol. The lowest BCUT2D eigenvalue weighted by atomic mass is 10.4. The second kappa shape index (κ2) is 3.38. The molecule has 0 saturated carbocycles. The van der Waals surface area contributed by atoms with E-state index in [0.717, 1.165) is 6.54 Å². The molecule has 0 aromatic rings. The molecule has 0 bridgehead atoms. The highest BCUT2D eigenvalue weighted by Gasteiger charge is 2.58. The van der Waals surface area contributed by atoms with Crippen molar-refractivity contribution in [2.45, 2.75) is 26.8 Å². The summed E-state index contributed by atoms with van der Waals surface area (Å²) in [5.41, 5.74) is 3.34. The molecule has 0 aliphatic carbocycles. The molecule has 7 nitrogen and oxygen atoms in total. The maximum Gasteiger partial charge on any atom is 0.0323 e. The van der Waals surface area contributed by atoms with E-state index < -0.39 is 0 Å². The molecule has 1 N–H and O–H groups in total. The summed E-state index contributed by atoms with van der Waals surface area (Å²) in [6, 6.07) is 0.422. The molecule has 0 aromatic carbocycles. The van der Waals surface area contributed by atoms with Gasteiger partial charge in [-0.05, 0) is 31.2 Å². The first-order valence-corrected chi connectivity index (χ1v) is 4.98. The number of rotatable bonds is 3. The van der Waals surface area contributed by atoms with Crippen LogP contribution in [0.25, 0.3) is 0 Å². The fourth-order valence-electron chi connectivity index (χ4n) is 1.62.